The van der Waals surface area contributed by atoms with Crippen LogP contribution in [0.25, 0.3) is 0 Å². The van der Waals surface area contributed by atoms with Crippen molar-refractivity contribution in [1.82, 2.24) is 19.8 Å². The predicted octanol–water partition coefficient (Wildman–Crippen LogP) is -0.603. The molecule has 0 spiro atoms. The van der Waals surface area contributed by atoms with Crippen LogP contribution in [-0.4, -0.2) is 58.6 Å². The SMILES string of the molecule is CCOC(=O)C1CNCCN1C(=O)c1cn(C)cn1. The Kier molecular flexibility index (Phi) is 4.16. The molecule has 1 atom stereocenters. The summed E-state index contributed by atoms with van der Waals surface area (Å²) in [5.41, 5.74) is 0.346. The van der Waals surface area contributed by atoms with Gasteiger partial charge in [-0.2, -0.15) is 0 Å². The first-order chi connectivity index (χ1) is 9.13. The van der Waals surface area contributed by atoms with E-state index in [0.717, 1.165) is 0 Å². The minimum Gasteiger partial charge on any atom is -0.464 e. The molecule has 1 amide bonds. The number of esters is 1. The molecule has 2 heterocycles. The smallest absolute Gasteiger partial charge is 0.330 e. The second-order valence-electron chi connectivity index (χ2n) is 4.39. The minimum atomic E-state index is -0.580. The van der Waals surface area contributed by atoms with E-state index in [0.29, 0.717) is 31.9 Å². The van der Waals surface area contributed by atoms with Gasteiger partial charge in [-0.05, 0) is 6.92 Å². The van der Waals surface area contributed by atoms with Gasteiger partial charge in [0.05, 0.1) is 12.9 Å². The second-order valence-corrected chi connectivity index (χ2v) is 4.39. The lowest BCUT2D eigenvalue weighted by Gasteiger charge is -2.33. The molecule has 1 aromatic rings. The van der Waals surface area contributed by atoms with Gasteiger partial charge in [-0.15, -0.1) is 0 Å². The third-order valence-electron chi connectivity index (χ3n) is 2.99. The minimum absolute atomic E-state index is 0.236. The molecule has 19 heavy (non-hydrogen) atoms. The van der Waals surface area contributed by atoms with E-state index in [1.807, 2.05) is 0 Å². The molecule has 1 saturated heterocycles. The topological polar surface area (TPSA) is 76.5 Å². The van der Waals surface area contributed by atoms with Gasteiger partial charge in [0.15, 0.2) is 0 Å². The van der Waals surface area contributed by atoms with Crippen LogP contribution < -0.4 is 5.32 Å². The number of aromatic nitrogens is 2. The normalized spacial score (nSPS) is 19.3. The molecule has 1 aromatic heterocycles. The number of ether oxygens (including phenoxy) is 1. The molecule has 2 rings (SSSR count). The molecule has 1 unspecified atom stereocenters. The monoisotopic (exact) mass is 266 g/mol. The van der Waals surface area contributed by atoms with Crippen molar-refractivity contribution in [2.75, 3.05) is 26.2 Å². The maximum Gasteiger partial charge on any atom is 0.330 e. The zero-order valence-electron chi connectivity index (χ0n) is 11.1. The van der Waals surface area contributed by atoms with Crippen molar-refractivity contribution in [2.45, 2.75) is 13.0 Å². The van der Waals surface area contributed by atoms with Crippen LogP contribution in [0.2, 0.25) is 0 Å². The highest BCUT2D eigenvalue weighted by atomic mass is 16.5. The number of amides is 1. The Morgan fingerprint density at radius 1 is 1.58 bits per heavy atom. The molecule has 7 heteroatoms. The summed E-state index contributed by atoms with van der Waals surface area (Å²) in [6.07, 6.45) is 3.21. The molecule has 7 nitrogen and oxygen atoms in total. The third kappa shape index (κ3) is 2.93. The second kappa shape index (κ2) is 5.83. The maximum atomic E-state index is 12.3. The zero-order valence-corrected chi connectivity index (χ0v) is 11.1. The zero-order chi connectivity index (χ0) is 13.8. The van der Waals surface area contributed by atoms with Crippen molar-refractivity contribution in [2.24, 2.45) is 7.05 Å². The average molecular weight is 266 g/mol. The molecule has 0 bridgehead atoms. The number of imidazole rings is 1. The van der Waals surface area contributed by atoms with Crippen molar-refractivity contribution in [1.29, 1.82) is 0 Å². The van der Waals surface area contributed by atoms with Gasteiger partial charge >= 0.3 is 5.97 Å². The first kappa shape index (κ1) is 13.5. The van der Waals surface area contributed by atoms with Gasteiger partial charge in [-0.3, -0.25) is 4.79 Å². The predicted molar refractivity (Wildman–Crippen MR) is 67.5 cm³/mol. The lowest BCUT2D eigenvalue weighted by Crippen LogP contribution is -2.57. The van der Waals surface area contributed by atoms with Gasteiger partial charge < -0.3 is 19.5 Å². The summed E-state index contributed by atoms with van der Waals surface area (Å²) in [5, 5.41) is 3.10. The lowest BCUT2D eigenvalue weighted by molar-refractivity contribution is -0.149. The van der Waals surface area contributed by atoms with E-state index in [9.17, 15) is 9.59 Å². The summed E-state index contributed by atoms with van der Waals surface area (Å²) in [5.74, 6) is -0.612. The highest BCUT2D eigenvalue weighted by Gasteiger charge is 2.34. The molecule has 1 aliphatic heterocycles. The van der Waals surface area contributed by atoms with E-state index < -0.39 is 6.04 Å². The van der Waals surface area contributed by atoms with Gasteiger partial charge in [-0.25, -0.2) is 9.78 Å². The molecule has 1 fully saturated rings. The largest absolute Gasteiger partial charge is 0.464 e. The van der Waals surface area contributed by atoms with Crippen molar-refractivity contribution >= 4 is 11.9 Å². The van der Waals surface area contributed by atoms with Crippen LogP contribution in [0.15, 0.2) is 12.5 Å². The fraction of sp³-hybridized carbons (Fsp3) is 0.583. The van der Waals surface area contributed by atoms with Crippen LogP contribution in [0.1, 0.15) is 17.4 Å². The average Bonchev–Trinajstić information content (AvgIpc) is 2.85. The molecule has 104 valence electrons. The fourth-order valence-electron chi connectivity index (χ4n) is 2.07. The van der Waals surface area contributed by atoms with Crippen LogP contribution in [-0.2, 0) is 16.6 Å². The fourth-order valence-corrected chi connectivity index (χ4v) is 2.07. The summed E-state index contributed by atoms with van der Waals surface area (Å²) in [6.45, 7) is 3.60. The van der Waals surface area contributed by atoms with Crippen LogP contribution in [0, 0.1) is 0 Å². The van der Waals surface area contributed by atoms with Crippen LogP contribution in [0.5, 0.6) is 0 Å². The molecule has 0 aromatic carbocycles. The lowest BCUT2D eigenvalue weighted by atomic mass is 10.2. The van der Waals surface area contributed by atoms with Crippen molar-refractivity contribution < 1.29 is 14.3 Å². The standard InChI is InChI=1S/C12H18N4O3/c1-3-19-12(18)10-6-13-4-5-16(10)11(17)9-7-15(2)8-14-9/h7-8,10,13H,3-6H2,1-2H3. The Balaban J connectivity index is 2.15. The number of rotatable bonds is 3. The third-order valence-corrected chi connectivity index (χ3v) is 2.99. The van der Waals surface area contributed by atoms with Gasteiger partial charge in [0.25, 0.3) is 5.91 Å². The maximum absolute atomic E-state index is 12.3. The molecular weight excluding hydrogens is 248 g/mol. The number of carbonyl (C=O) groups excluding carboxylic acids is 2. The van der Waals surface area contributed by atoms with E-state index in [2.05, 4.69) is 10.3 Å². The van der Waals surface area contributed by atoms with Crippen molar-refractivity contribution in [3.63, 3.8) is 0 Å². The molecular formula is C12H18N4O3. The number of nitrogens with zero attached hydrogens (tertiary/aromatic N) is 3. The number of nitrogens with one attached hydrogen (secondary N) is 1. The molecule has 0 radical (unpaired) electrons. The van der Waals surface area contributed by atoms with Gasteiger partial charge in [0.1, 0.15) is 11.7 Å². The Bertz CT molecular complexity index is 471. The molecule has 1 aliphatic rings. The van der Waals surface area contributed by atoms with Crippen LogP contribution in [0.4, 0.5) is 0 Å². The number of hydrogen-bond acceptors (Lipinski definition) is 5. The summed E-state index contributed by atoms with van der Waals surface area (Å²) in [4.78, 5) is 29.8. The van der Waals surface area contributed by atoms with Gasteiger partial charge in [0, 0.05) is 32.9 Å². The van der Waals surface area contributed by atoms with E-state index >= 15 is 0 Å². The van der Waals surface area contributed by atoms with Crippen LogP contribution >= 0.6 is 0 Å². The Morgan fingerprint density at radius 2 is 2.37 bits per heavy atom. The number of aryl methyl sites for hydroxylation is 1. The van der Waals surface area contributed by atoms with Gasteiger partial charge in [-0.1, -0.05) is 0 Å². The Labute approximate surface area is 111 Å². The van der Waals surface area contributed by atoms with E-state index in [1.165, 1.54) is 4.90 Å². The first-order valence-electron chi connectivity index (χ1n) is 6.29. The van der Waals surface area contributed by atoms with E-state index in [4.69, 9.17) is 4.74 Å². The number of hydrogen-bond donors (Lipinski definition) is 1. The van der Waals surface area contributed by atoms with Crippen LogP contribution in [0.3, 0.4) is 0 Å². The Morgan fingerprint density at radius 3 is 3.00 bits per heavy atom. The van der Waals surface area contributed by atoms with Crippen molar-refractivity contribution in [3.8, 4) is 0 Å². The summed E-state index contributed by atoms with van der Waals surface area (Å²) in [6, 6.07) is -0.580. The number of carbonyl (C=O) groups is 2. The quantitative estimate of drug-likeness (QED) is 0.739. The molecule has 0 saturated carbocycles. The summed E-state index contributed by atoms with van der Waals surface area (Å²) >= 11 is 0. The highest BCUT2D eigenvalue weighted by Crippen LogP contribution is 2.10. The summed E-state index contributed by atoms with van der Waals surface area (Å²) < 4.78 is 6.71. The highest BCUT2D eigenvalue weighted by molar-refractivity contribution is 5.95. The molecule has 0 aliphatic carbocycles. The Hall–Kier alpha value is -1.89. The van der Waals surface area contributed by atoms with Gasteiger partial charge in [0.2, 0.25) is 0 Å². The summed E-state index contributed by atoms with van der Waals surface area (Å²) in [7, 11) is 1.80. The van der Waals surface area contributed by atoms with E-state index in [1.54, 1.807) is 31.1 Å². The van der Waals surface area contributed by atoms with Crippen molar-refractivity contribution in [3.05, 3.63) is 18.2 Å². The van der Waals surface area contributed by atoms with E-state index in [-0.39, 0.29) is 11.9 Å². The molecule has 1 N–H and O–H groups in total. The first-order valence-corrected chi connectivity index (χ1v) is 6.29. The number of piperazine rings is 1.